The molecule has 7 heteroatoms. The highest BCUT2D eigenvalue weighted by Crippen LogP contribution is 2.41. The van der Waals surface area contributed by atoms with Crippen LogP contribution in [0.15, 0.2) is 20.7 Å². The number of carbonyl (C=O) groups excluding carboxylic acids is 1. The minimum atomic E-state index is -0.152. The zero-order chi connectivity index (χ0) is 16.7. The van der Waals surface area contributed by atoms with Gasteiger partial charge in [0.1, 0.15) is 5.82 Å². The van der Waals surface area contributed by atoms with Gasteiger partial charge in [-0.1, -0.05) is 25.7 Å². The van der Waals surface area contributed by atoms with Gasteiger partial charge < -0.3 is 5.32 Å². The summed E-state index contributed by atoms with van der Waals surface area (Å²) in [6.07, 6.45) is 7.30. The molecule has 2 aromatic heterocycles. The van der Waals surface area contributed by atoms with Crippen LogP contribution in [0, 0.1) is 0 Å². The highest BCUT2D eigenvalue weighted by atomic mass is 79.9. The predicted molar refractivity (Wildman–Crippen MR) is 98.9 cm³/mol. The van der Waals surface area contributed by atoms with Crippen LogP contribution < -0.4 is 10.9 Å². The van der Waals surface area contributed by atoms with Gasteiger partial charge in [0, 0.05) is 17.2 Å². The molecule has 0 radical (unpaired) electrons. The molecule has 0 bridgehead atoms. The summed E-state index contributed by atoms with van der Waals surface area (Å²) in [4.78, 5) is 26.0. The second kappa shape index (κ2) is 6.52. The number of amides is 1. The third kappa shape index (κ3) is 2.88. The van der Waals surface area contributed by atoms with E-state index in [0.29, 0.717) is 17.8 Å². The number of rotatable bonds is 2. The Morgan fingerprint density at radius 1 is 1.12 bits per heavy atom. The second-order valence-corrected chi connectivity index (χ2v) is 9.16. The van der Waals surface area contributed by atoms with E-state index in [2.05, 4.69) is 26.3 Å². The van der Waals surface area contributed by atoms with Crippen molar-refractivity contribution in [2.24, 2.45) is 0 Å². The van der Waals surface area contributed by atoms with Crippen molar-refractivity contribution < 1.29 is 4.79 Å². The summed E-state index contributed by atoms with van der Waals surface area (Å²) >= 11 is 5.07. The Kier molecular flexibility index (Phi) is 4.39. The molecule has 5 nitrogen and oxygen atoms in total. The summed E-state index contributed by atoms with van der Waals surface area (Å²) in [6, 6.07) is 4.26. The van der Waals surface area contributed by atoms with Crippen LogP contribution in [0.5, 0.6) is 0 Å². The lowest BCUT2D eigenvalue weighted by molar-refractivity contribution is -0.116. The maximum absolute atomic E-state index is 12.7. The monoisotopic (exact) mass is 409 g/mol. The van der Waals surface area contributed by atoms with Crippen molar-refractivity contribution in [3.8, 4) is 0 Å². The average molecular weight is 410 g/mol. The summed E-state index contributed by atoms with van der Waals surface area (Å²) in [7, 11) is 0. The number of carbonyl (C=O) groups is 1. The SMILES string of the molecule is O=C1C[C@H](c2ccc(Br)s2)c2c(n(C3CCCCCC3)[nH]c2=O)N1. The molecule has 3 heterocycles. The first-order valence-electron chi connectivity index (χ1n) is 8.53. The standard InChI is InChI=1S/C17H20BrN3O2S/c18-13-8-7-12(24-13)11-9-14(22)19-16-15(11)17(23)20-21(16)10-5-3-1-2-4-6-10/h7-8,10-11H,1-6,9H2,(H,19,22)(H,20,23)/t11-/m1/s1. The molecular formula is C17H20BrN3O2S. The number of H-pyrrole nitrogens is 1. The Morgan fingerprint density at radius 3 is 2.54 bits per heavy atom. The maximum atomic E-state index is 12.7. The fraction of sp³-hybridized carbons (Fsp3) is 0.529. The van der Waals surface area contributed by atoms with E-state index in [9.17, 15) is 9.59 Å². The van der Waals surface area contributed by atoms with Gasteiger partial charge in [-0.3, -0.25) is 19.4 Å². The number of hydrogen-bond acceptors (Lipinski definition) is 3. The normalized spacial score (nSPS) is 22.0. The van der Waals surface area contributed by atoms with Crippen LogP contribution in [0.3, 0.4) is 0 Å². The van der Waals surface area contributed by atoms with Crippen molar-refractivity contribution in [2.45, 2.75) is 56.9 Å². The number of fused-ring (bicyclic) bond motifs is 1. The Bertz CT molecular complexity index is 814. The second-order valence-electron chi connectivity index (χ2n) is 6.67. The lowest BCUT2D eigenvalue weighted by atomic mass is 9.92. The highest BCUT2D eigenvalue weighted by Gasteiger charge is 2.34. The van der Waals surface area contributed by atoms with E-state index in [1.54, 1.807) is 11.3 Å². The molecule has 2 N–H and O–H groups in total. The van der Waals surface area contributed by atoms with Crippen LogP contribution >= 0.6 is 27.3 Å². The van der Waals surface area contributed by atoms with Gasteiger partial charge in [0.25, 0.3) is 5.56 Å². The molecule has 0 aromatic carbocycles. The largest absolute Gasteiger partial charge is 0.311 e. The summed E-state index contributed by atoms with van der Waals surface area (Å²) in [5.41, 5.74) is 0.650. The fourth-order valence-corrected chi connectivity index (χ4v) is 5.47. The molecule has 128 valence electrons. The minimum Gasteiger partial charge on any atom is -0.311 e. The molecule has 1 saturated carbocycles. The van der Waals surface area contributed by atoms with E-state index < -0.39 is 0 Å². The van der Waals surface area contributed by atoms with Gasteiger partial charge in [-0.15, -0.1) is 11.3 Å². The Morgan fingerprint density at radius 2 is 1.88 bits per heavy atom. The lowest BCUT2D eigenvalue weighted by Crippen LogP contribution is -2.27. The first-order chi connectivity index (χ1) is 11.6. The summed E-state index contributed by atoms with van der Waals surface area (Å²) in [6.45, 7) is 0. The van der Waals surface area contributed by atoms with Gasteiger partial charge in [0.2, 0.25) is 5.91 Å². The van der Waals surface area contributed by atoms with Crippen LogP contribution in [0.2, 0.25) is 0 Å². The molecule has 0 spiro atoms. The highest BCUT2D eigenvalue weighted by molar-refractivity contribution is 9.11. The number of nitrogens with zero attached hydrogens (tertiary/aromatic N) is 1. The van der Waals surface area contributed by atoms with Gasteiger partial charge in [-0.2, -0.15) is 0 Å². The minimum absolute atomic E-state index is 0.0154. The number of hydrogen-bond donors (Lipinski definition) is 2. The van der Waals surface area contributed by atoms with Gasteiger partial charge in [-0.25, -0.2) is 0 Å². The third-order valence-corrected chi connectivity index (χ3v) is 6.82. The molecule has 1 amide bonds. The van der Waals surface area contributed by atoms with E-state index >= 15 is 0 Å². The van der Waals surface area contributed by atoms with Crippen LogP contribution in [0.1, 0.15) is 67.3 Å². The number of aromatic amines is 1. The lowest BCUT2D eigenvalue weighted by Gasteiger charge is -2.25. The molecule has 2 aromatic rings. The van der Waals surface area contributed by atoms with Crippen molar-refractivity contribution in [3.05, 3.63) is 36.7 Å². The van der Waals surface area contributed by atoms with Crippen molar-refractivity contribution in [2.75, 3.05) is 5.32 Å². The van der Waals surface area contributed by atoms with Crippen LogP contribution in [0.25, 0.3) is 0 Å². The number of thiophene rings is 1. The first kappa shape index (κ1) is 16.1. The maximum Gasteiger partial charge on any atom is 0.270 e. The van der Waals surface area contributed by atoms with Gasteiger partial charge in [-0.05, 0) is 40.9 Å². The first-order valence-corrected chi connectivity index (χ1v) is 10.1. The van der Waals surface area contributed by atoms with Crippen molar-refractivity contribution in [1.29, 1.82) is 0 Å². The molecule has 0 saturated heterocycles. The quantitative estimate of drug-likeness (QED) is 0.722. The molecular weight excluding hydrogens is 390 g/mol. The van der Waals surface area contributed by atoms with Crippen molar-refractivity contribution in [1.82, 2.24) is 9.78 Å². The fourth-order valence-electron chi connectivity index (χ4n) is 3.93. The zero-order valence-corrected chi connectivity index (χ0v) is 15.7. The average Bonchev–Trinajstić information content (AvgIpc) is 3.00. The summed E-state index contributed by atoms with van der Waals surface area (Å²) in [5, 5.41) is 5.98. The topological polar surface area (TPSA) is 66.9 Å². The van der Waals surface area contributed by atoms with E-state index in [1.807, 2.05) is 16.8 Å². The molecule has 1 aliphatic carbocycles. The predicted octanol–water partition coefficient (Wildman–Crippen LogP) is 4.37. The third-order valence-electron chi connectivity index (χ3n) is 5.09. The molecule has 2 aliphatic rings. The molecule has 4 rings (SSSR count). The van der Waals surface area contributed by atoms with E-state index in [0.717, 1.165) is 21.5 Å². The van der Waals surface area contributed by atoms with E-state index in [-0.39, 0.29) is 23.4 Å². The summed E-state index contributed by atoms with van der Waals surface area (Å²) in [5.74, 6) is 0.525. The molecule has 0 unspecified atom stereocenters. The van der Waals surface area contributed by atoms with Gasteiger partial charge >= 0.3 is 0 Å². The van der Waals surface area contributed by atoms with Crippen LogP contribution in [-0.4, -0.2) is 15.7 Å². The number of anilines is 1. The zero-order valence-electron chi connectivity index (χ0n) is 13.3. The molecule has 24 heavy (non-hydrogen) atoms. The van der Waals surface area contributed by atoms with E-state index in [4.69, 9.17) is 0 Å². The Balaban J connectivity index is 1.78. The summed E-state index contributed by atoms with van der Waals surface area (Å²) < 4.78 is 2.96. The van der Waals surface area contributed by atoms with Crippen LogP contribution in [0.4, 0.5) is 5.82 Å². The van der Waals surface area contributed by atoms with Crippen molar-refractivity contribution in [3.63, 3.8) is 0 Å². The van der Waals surface area contributed by atoms with Crippen molar-refractivity contribution >= 4 is 39.0 Å². The molecule has 1 aliphatic heterocycles. The van der Waals surface area contributed by atoms with E-state index in [1.165, 1.54) is 25.7 Å². The molecule has 1 fully saturated rings. The number of aromatic nitrogens is 2. The van der Waals surface area contributed by atoms with Gasteiger partial charge in [0.05, 0.1) is 15.4 Å². The van der Waals surface area contributed by atoms with Gasteiger partial charge in [0.15, 0.2) is 0 Å². The smallest absolute Gasteiger partial charge is 0.270 e. The Hall–Kier alpha value is -1.34. The number of halogens is 1. The van der Waals surface area contributed by atoms with Crippen LogP contribution in [-0.2, 0) is 4.79 Å². The molecule has 1 atom stereocenters. The Labute approximate surface area is 152 Å². The number of nitrogens with one attached hydrogen (secondary N) is 2.